The van der Waals surface area contributed by atoms with Crippen molar-refractivity contribution in [2.24, 2.45) is 0 Å². The highest BCUT2D eigenvalue weighted by Gasteiger charge is 2.20. The number of carbonyl (C=O) groups is 1. The Balaban J connectivity index is 4.14. The SMILES string of the molecule is CCCC/C=C\CCCCCCCCOCC(COP(=O)([O-])OCC[N+](C)(C)C)OC(=O)CCCCCCCCCCC/C=C\CCCCCCCCCC. The molecule has 55 heavy (non-hydrogen) atoms. The van der Waals surface area contributed by atoms with E-state index in [0.717, 1.165) is 32.1 Å². The second-order valence-corrected chi connectivity index (χ2v) is 18.2. The monoisotopic (exact) mass is 800 g/mol. The van der Waals surface area contributed by atoms with E-state index in [0.29, 0.717) is 24.1 Å². The lowest BCUT2D eigenvalue weighted by Crippen LogP contribution is -2.37. The lowest BCUT2D eigenvalue weighted by molar-refractivity contribution is -0.870. The van der Waals surface area contributed by atoms with E-state index >= 15 is 0 Å². The number of likely N-dealkylation sites (N-methyl/N-ethyl adjacent to an activating group) is 1. The van der Waals surface area contributed by atoms with Gasteiger partial charge in [0.15, 0.2) is 0 Å². The molecule has 0 heterocycles. The van der Waals surface area contributed by atoms with Gasteiger partial charge >= 0.3 is 5.97 Å². The van der Waals surface area contributed by atoms with Gasteiger partial charge in [0.25, 0.3) is 7.82 Å². The molecule has 0 aromatic heterocycles. The molecule has 2 unspecified atom stereocenters. The Morgan fingerprint density at radius 3 is 1.44 bits per heavy atom. The molecule has 0 aliphatic heterocycles. The highest BCUT2D eigenvalue weighted by molar-refractivity contribution is 7.45. The third kappa shape index (κ3) is 43.9. The average Bonchev–Trinajstić information content (AvgIpc) is 3.13. The van der Waals surface area contributed by atoms with Crippen LogP contribution in [0.5, 0.6) is 0 Å². The van der Waals surface area contributed by atoms with Crippen LogP contribution in [0.1, 0.15) is 206 Å². The number of rotatable bonds is 43. The molecule has 9 heteroatoms. The first kappa shape index (κ1) is 54.0. The molecule has 0 N–H and O–H groups in total. The van der Waals surface area contributed by atoms with Crippen LogP contribution in [-0.4, -0.2) is 70.7 Å². The number of phosphoric ester groups is 1. The molecule has 0 amide bonds. The molecule has 0 saturated carbocycles. The molecule has 0 radical (unpaired) electrons. The Hall–Kier alpha value is -1.02. The highest BCUT2D eigenvalue weighted by atomic mass is 31.2. The summed E-state index contributed by atoms with van der Waals surface area (Å²) in [6, 6.07) is 0. The van der Waals surface area contributed by atoms with Crippen molar-refractivity contribution in [3.8, 4) is 0 Å². The largest absolute Gasteiger partial charge is 0.756 e. The Labute approximate surface area is 341 Å². The minimum absolute atomic E-state index is 0.0258. The van der Waals surface area contributed by atoms with Crippen LogP contribution in [0.2, 0.25) is 0 Å². The van der Waals surface area contributed by atoms with Gasteiger partial charge in [-0.3, -0.25) is 9.36 Å². The molecule has 0 aromatic carbocycles. The molecule has 0 fully saturated rings. The van der Waals surface area contributed by atoms with Crippen molar-refractivity contribution in [3.05, 3.63) is 24.3 Å². The smallest absolute Gasteiger partial charge is 0.306 e. The molecule has 0 spiro atoms. The molecule has 0 saturated heterocycles. The predicted molar refractivity (Wildman–Crippen MR) is 231 cm³/mol. The summed E-state index contributed by atoms with van der Waals surface area (Å²) in [5.74, 6) is -0.337. The van der Waals surface area contributed by atoms with E-state index in [4.69, 9.17) is 18.5 Å². The number of carbonyl (C=O) groups excluding carboxylic acids is 1. The van der Waals surface area contributed by atoms with Crippen LogP contribution in [0, 0.1) is 0 Å². The average molecular weight is 800 g/mol. The normalized spacial score (nSPS) is 13.9. The molecular formula is C46H90NO7P. The fraction of sp³-hybridized carbons (Fsp3) is 0.891. The van der Waals surface area contributed by atoms with Gasteiger partial charge in [-0.1, -0.05) is 167 Å². The van der Waals surface area contributed by atoms with Crippen LogP contribution < -0.4 is 4.89 Å². The molecule has 8 nitrogen and oxygen atoms in total. The summed E-state index contributed by atoms with van der Waals surface area (Å²) in [6.07, 6.45) is 44.8. The summed E-state index contributed by atoms with van der Waals surface area (Å²) in [5.41, 5.74) is 0. The number of allylic oxidation sites excluding steroid dienone is 4. The fourth-order valence-corrected chi connectivity index (χ4v) is 7.07. The van der Waals surface area contributed by atoms with E-state index < -0.39 is 13.9 Å². The Morgan fingerprint density at radius 2 is 0.964 bits per heavy atom. The highest BCUT2D eigenvalue weighted by Crippen LogP contribution is 2.38. The topological polar surface area (TPSA) is 94.1 Å². The van der Waals surface area contributed by atoms with Gasteiger partial charge in [0.2, 0.25) is 0 Å². The first-order chi connectivity index (χ1) is 26.6. The predicted octanol–water partition coefficient (Wildman–Crippen LogP) is 13.0. The standard InChI is InChI=1S/C46H90NO7P/c1-6-8-10-12-14-16-18-20-21-22-23-24-25-26-27-28-29-31-33-35-37-39-46(48)54-45(44-53-55(49,50)52-42-40-47(3,4)5)43-51-41-38-36-34-32-30-19-17-15-13-11-9-7-2/h13,15,22-23,45H,6-12,14,16-21,24-44H2,1-5H3/b15-13-,23-22-. The zero-order valence-electron chi connectivity index (χ0n) is 36.9. The molecule has 0 aromatic rings. The maximum absolute atomic E-state index is 12.7. The number of hydrogen-bond donors (Lipinski definition) is 0. The molecule has 0 aliphatic rings. The minimum atomic E-state index is -4.52. The van der Waals surface area contributed by atoms with Crippen molar-refractivity contribution in [3.63, 3.8) is 0 Å². The fourth-order valence-electron chi connectivity index (χ4n) is 6.35. The van der Waals surface area contributed by atoms with Crippen molar-refractivity contribution in [2.45, 2.75) is 213 Å². The maximum atomic E-state index is 12.7. The van der Waals surface area contributed by atoms with Crippen LogP contribution in [0.15, 0.2) is 24.3 Å². The summed E-state index contributed by atoms with van der Waals surface area (Å²) in [4.78, 5) is 25.1. The second-order valence-electron chi connectivity index (χ2n) is 16.8. The van der Waals surface area contributed by atoms with E-state index in [9.17, 15) is 14.3 Å². The molecule has 0 rings (SSSR count). The van der Waals surface area contributed by atoms with Gasteiger partial charge in [-0.05, 0) is 57.8 Å². The van der Waals surface area contributed by atoms with Crippen LogP contribution >= 0.6 is 7.82 Å². The number of quaternary nitrogens is 1. The summed E-state index contributed by atoms with van der Waals surface area (Å²) >= 11 is 0. The Bertz CT molecular complexity index is 936. The quantitative estimate of drug-likeness (QED) is 0.0199. The van der Waals surface area contributed by atoms with Crippen molar-refractivity contribution >= 4 is 13.8 Å². The van der Waals surface area contributed by atoms with Gasteiger partial charge in [0.05, 0.1) is 34.4 Å². The van der Waals surface area contributed by atoms with Gasteiger partial charge in [0.1, 0.15) is 19.3 Å². The van der Waals surface area contributed by atoms with E-state index in [1.807, 2.05) is 21.1 Å². The zero-order chi connectivity index (χ0) is 40.6. The maximum Gasteiger partial charge on any atom is 0.306 e. The van der Waals surface area contributed by atoms with Crippen LogP contribution in [0.25, 0.3) is 0 Å². The summed E-state index contributed by atoms with van der Waals surface area (Å²) in [5, 5.41) is 0. The van der Waals surface area contributed by atoms with Crippen molar-refractivity contribution in [1.82, 2.24) is 0 Å². The summed E-state index contributed by atoms with van der Waals surface area (Å²) in [6.45, 7) is 5.38. The molecular weight excluding hydrogens is 709 g/mol. The number of nitrogens with zero attached hydrogens (tertiary/aromatic N) is 1. The number of unbranched alkanes of at least 4 members (excludes halogenated alkanes) is 25. The molecule has 0 bridgehead atoms. The molecule has 2 atom stereocenters. The van der Waals surface area contributed by atoms with E-state index in [1.54, 1.807) is 0 Å². The van der Waals surface area contributed by atoms with Gasteiger partial charge in [-0.2, -0.15) is 0 Å². The van der Waals surface area contributed by atoms with Crippen molar-refractivity contribution in [1.29, 1.82) is 0 Å². The number of ether oxygens (including phenoxy) is 2. The van der Waals surface area contributed by atoms with Gasteiger partial charge in [-0.15, -0.1) is 0 Å². The molecule has 0 aliphatic carbocycles. The number of phosphoric acid groups is 1. The van der Waals surface area contributed by atoms with E-state index in [2.05, 4.69) is 38.2 Å². The number of hydrogen-bond acceptors (Lipinski definition) is 7. The third-order valence-corrected chi connectivity index (χ3v) is 10.9. The van der Waals surface area contributed by atoms with Crippen LogP contribution in [-0.2, 0) is 27.9 Å². The Kier molecular flexibility index (Phi) is 39.1. The first-order valence-electron chi connectivity index (χ1n) is 23.1. The summed E-state index contributed by atoms with van der Waals surface area (Å²) in [7, 11) is 1.36. The third-order valence-electron chi connectivity index (χ3n) is 9.98. The van der Waals surface area contributed by atoms with Crippen molar-refractivity contribution < 1.29 is 37.3 Å². The zero-order valence-corrected chi connectivity index (χ0v) is 37.8. The van der Waals surface area contributed by atoms with Crippen LogP contribution in [0.3, 0.4) is 0 Å². The second kappa shape index (κ2) is 39.8. The van der Waals surface area contributed by atoms with E-state index in [1.165, 1.54) is 154 Å². The summed E-state index contributed by atoms with van der Waals surface area (Å²) < 4.78 is 34.6. The Morgan fingerprint density at radius 1 is 0.545 bits per heavy atom. The van der Waals surface area contributed by atoms with Gasteiger partial charge in [-0.25, -0.2) is 0 Å². The lowest BCUT2D eigenvalue weighted by atomic mass is 10.1. The minimum Gasteiger partial charge on any atom is -0.756 e. The molecule has 326 valence electrons. The van der Waals surface area contributed by atoms with E-state index in [-0.39, 0.29) is 25.8 Å². The van der Waals surface area contributed by atoms with Crippen LogP contribution in [0.4, 0.5) is 0 Å². The van der Waals surface area contributed by atoms with Gasteiger partial charge < -0.3 is 27.9 Å². The van der Waals surface area contributed by atoms with Crippen molar-refractivity contribution in [2.75, 3.05) is 54.1 Å². The number of esters is 1. The lowest BCUT2D eigenvalue weighted by Gasteiger charge is -2.28. The van der Waals surface area contributed by atoms with Gasteiger partial charge in [0, 0.05) is 13.0 Å². The first-order valence-corrected chi connectivity index (χ1v) is 24.5.